The number of halogens is 1. The standard InChI is InChI=1S/C15H23N3O3.ClH/c1-20-13-7-11(15(17)19)12(16)8-14(13)21-6-2-3-10-4-5-18-9-10;/h7-8,10,18H,2-6,9,16H2,1H3,(H2,17,19);1H. The molecule has 0 aliphatic carbocycles. The fourth-order valence-electron chi connectivity index (χ4n) is 2.58. The van der Waals surface area contributed by atoms with Gasteiger partial charge in [0.2, 0.25) is 0 Å². The molecule has 22 heavy (non-hydrogen) atoms. The molecule has 1 amide bonds. The molecule has 1 aliphatic heterocycles. The smallest absolute Gasteiger partial charge is 0.250 e. The first-order valence-corrected chi connectivity index (χ1v) is 7.22. The summed E-state index contributed by atoms with van der Waals surface area (Å²) < 4.78 is 10.9. The number of carbonyl (C=O) groups is 1. The van der Waals surface area contributed by atoms with E-state index < -0.39 is 5.91 Å². The van der Waals surface area contributed by atoms with Gasteiger partial charge in [-0.15, -0.1) is 12.4 Å². The lowest BCUT2D eigenvalue weighted by Crippen LogP contribution is -2.14. The third-order valence-electron chi connectivity index (χ3n) is 3.78. The lowest BCUT2D eigenvalue weighted by molar-refractivity contribution is 0.100. The molecule has 1 aliphatic rings. The molecule has 0 bridgehead atoms. The number of methoxy groups -OCH3 is 1. The SMILES string of the molecule is COc1cc(C(N)=O)c(N)cc1OCCCC1CCNC1.Cl. The largest absolute Gasteiger partial charge is 0.493 e. The summed E-state index contributed by atoms with van der Waals surface area (Å²) in [4.78, 5) is 11.2. The number of hydrogen-bond acceptors (Lipinski definition) is 5. The molecule has 6 nitrogen and oxygen atoms in total. The van der Waals surface area contributed by atoms with Gasteiger partial charge in [-0.3, -0.25) is 4.79 Å². The van der Waals surface area contributed by atoms with Crippen LogP contribution in [0, 0.1) is 5.92 Å². The summed E-state index contributed by atoms with van der Waals surface area (Å²) in [7, 11) is 1.52. The molecule has 1 fully saturated rings. The summed E-state index contributed by atoms with van der Waals surface area (Å²) in [5.41, 5.74) is 11.6. The summed E-state index contributed by atoms with van der Waals surface area (Å²) in [6.07, 6.45) is 3.36. The molecule has 1 unspecified atom stereocenters. The van der Waals surface area contributed by atoms with Crippen LogP contribution in [0.1, 0.15) is 29.6 Å². The lowest BCUT2D eigenvalue weighted by atomic mass is 10.0. The van der Waals surface area contributed by atoms with E-state index >= 15 is 0 Å². The first kappa shape index (κ1) is 18.4. The summed E-state index contributed by atoms with van der Waals surface area (Å²) in [5, 5.41) is 3.35. The van der Waals surface area contributed by atoms with Crippen LogP contribution in [0.25, 0.3) is 0 Å². The van der Waals surface area contributed by atoms with Gasteiger partial charge in [-0.1, -0.05) is 0 Å². The third kappa shape index (κ3) is 4.68. The minimum atomic E-state index is -0.578. The number of nitrogen functional groups attached to an aromatic ring is 1. The number of rotatable bonds is 7. The van der Waals surface area contributed by atoms with E-state index in [9.17, 15) is 4.79 Å². The maximum atomic E-state index is 11.2. The topological polar surface area (TPSA) is 99.6 Å². The highest BCUT2D eigenvalue weighted by Crippen LogP contribution is 2.32. The van der Waals surface area contributed by atoms with E-state index in [2.05, 4.69) is 5.32 Å². The quantitative estimate of drug-likeness (QED) is 0.521. The van der Waals surface area contributed by atoms with Gasteiger partial charge in [0.25, 0.3) is 5.91 Å². The van der Waals surface area contributed by atoms with Gasteiger partial charge in [0, 0.05) is 11.8 Å². The molecule has 1 aromatic carbocycles. The van der Waals surface area contributed by atoms with Gasteiger partial charge in [-0.05, 0) is 44.3 Å². The first-order valence-electron chi connectivity index (χ1n) is 7.22. The highest BCUT2D eigenvalue weighted by atomic mass is 35.5. The first-order chi connectivity index (χ1) is 10.1. The van der Waals surface area contributed by atoms with Gasteiger partial charge >= 0.3 is 0 Å². The number of ether oxygens (including phenoxy) is 2. The average molecular weight is 330 g/mol. The molecule has 1 atom stereocenters. The molecule has 5 N–H and O–H groups in total. The van der Waals surface area contributed by atoms with E-state index in [4.69, 9.17) is 20.9 Å². The molecule has 0 spiro atoms. The summed E-state index contributed by atoms with van der Waals surface area (Å²) >= 11 is 0. The molecule has 1 heterocycles. The van der Waals surface area contributed by atoms with Crippen LogP contribution < -0.4 is 26.3 Å². The molecule has 1 saturated heterocycles. The van der Waals surface area contributed by atoms with Crippen LogP contribution in [0.3, 0.4) is 0 Å². The van der Waals surface area contributed by atoms with Gasteiger partial charge < -0.3 is 26.3 Å². The van der Waals surface area contributed by atoms with Crippen LogP contribution >= 0.6 is 12.4 Å². The Labute approximate surface area is 136 Å². The van der Waals surface area contributed by atoms with Crippen LogP contribution in [0.15, 0.2) is 12.1 Å². The highest BCUT2D eigenvalue weighted by Gasteiger charge is 2.15. The van der Waals surface area contributed by atoms with E-state index in [0.29, 0.717) is 23.8 Å². The van der Waals surface area contributed by atoms with Gasteiger partial charge in [-0.25, -0.2) is 0 Å². The molecule has 2 rings (SSSR count). The Morgan fingerprint density at radius 3 is 2.77 bits per heavy atom. The van der Waals surface area contributed by atoms with E-state index in [1.54, 1.807) is 6.07 Å². The van der Waals surface area contributed by atoms with E-state index in [1.165, 1.54) is 19.6 Å². The predicted octanol–water partition coefficient (Wildman–Crippen LogP) is 1.57. The molecule has 1 aromatic rings. The Balaban J connectivity index is 0.00000242. The van der Waals surface area contributed by atoms with Crippen molar-refractivity contribution >= 4 is 24.0 Å². The summed E-state index contributed by atoms with van der Waals surface area (Å²) in [5.74, 6) is 1.19. The van der Waals surface area contributed by atoms with Crippen molar-refractivity contribution in [3.05, 3.63) is 17.7 Å². The zero-order chi connectivity index (χ0) is 15.2. The number of carbonyl (C=O) groups excluding carboxylic acids is 1. The van der Waals surface area contributed by atoms with Crippen molar-refractivity contribution in [3.8, 4) is 11.5 Å². The minimum Gasteiger partial charge on any atom is -0.493 e. The van der Waals surface area contributed by atoms with Crippen molar-refractivity contribution in [2.45, 2.75) is 19.3 Å². The molecular formula is C15H24ClN3O3. The van der Waals surface area contributed by atoms with Crippen molar-refractivity contribution in [1.82, 2.24) is 5.32 Å². The Kier molecular flexibility index (Phi) is 7.27. The predicted molar refractivity (Wildman–Crippen MR) is 88.9 cm³/mol. The van der Waals surface area contributed by atoms with Gasteiger partial charge in [-0.2, -0.15) is 0 Å². The van der Waals surface area contributed by atoms with Crippen LogP contribution in [0.2, 0.25) is 0 Å². The van der Waals surface area contributed by atoms with Gasteiger partial charge in [0.15, 0.2) is 11.5 Å². The number of anilines is 1. The number of benzene rings is 1. The van der Waals surface area contributed by atoms with Crippen LogP contribution in [0.4, 0.5) is 5.69 Å². The Hall–Kier alpha value is -1.66. The molecule has 7 heteroatoms. The second-order valence-corrected chi connectivity index (χ2v) is 5.30. The maximum Gasteiger partial charge on any atom is 0.250 e. The Morgan fingerprint density at radius 2 is 2.18 bits per heavy atom. The number of primary amides is 1. The van der Waals surface area contributed by atoms with Gasteiger partial charge in [0.1, 0.15) is 0 Å². The molecule has 124 valence electrons. The van der Waals surface area contributed by atoms with E-state index in [0.717, 1.165) is 31.8 Å². The molecular weight excluding hydrogens is 306 g/mol. The lowest BCUT2D eigenvalue weighted by Gasteiger charge is -2.14. The highest BCUT2D eigenvalue weighted by molar-refractivity contribution is 5.98. The van der Waals surface area contributed by atoms with Gasteiger partial charge in [0.05, 0.1) is 19.3 Å². The summed E-state index contributed by atoms with van der Waals surface area (Å²) in [6.45, 7) is 2.82. The fourth-order valence-corrected chi connectivity index (χ4v) is 2.58. The number of nitrogens with two attached hydrogens (primary N) is 2. The van der Waals surface area contributed by atoms with Crippen molar-refractivity contribution < 1.29 is 14.3 Å². The molecule has 0 saturated carbocycles. The zero-order valence-electron chi connectivity index (χ0n) is 12.8. The third-order valence-corrected chi connectivity index (χ3v) is 3.78. The normalized spacial score (nSPS) is 16.9. The average Bonchev–Trinajstić information content (AvgIpc) is 2.96. The Morgan fingerprint density at radius 1 is 1.41 bits per heavy atom. The number of hydrogen-bond donors (Lipinski definition) is 3. The van der Waals surface area contributed by atoms with Crippen LogP contribution in [-0.4, -0.2) is 32.7 Å². The summed E-state index contributed by atoms with van der Waals surface area (Å²) in [6, 6.07) is 3.12. The second kappa shape index (κ2) is 8.70. The van der Waals surface area contributed by atoms with E-state index in [-0.39, 0.29) is 18.0 Å². The fraction of sp³-hybridized carbons (Fsp3) is 0.533. The zero-order valence-corrected chi connectivity index (χ0v) is 13.6. The van der Waals surface area contributed by atoms with Crippen LogP contribution in [0.5, 0.6) is 11.5 Å². The number of amides is 1. The molecule has 0 aromatic heterocycles. The number of nitrogens with one attached hydrogen (secondary N) is 1. The van der Waals surface area contributed by atoms with Crippen molar-refractivity contribution in [1.29, 1.82) is 0 Å². The van der Waals surface area contributed by atoms with Crippen molar-refractivity contribution in [2.24, 2.45) is 11.7 Å². The van der Waals surface area contributed by atoms with Crippen molar-refractivity contribution in [2.75, 3.05) is 32.5 Å². The molecule has 0 radical (unpaired) electrons. The second-order valence-electron chi connectivity index (χ2n) is 5.30. The monoisotopic (exact) mass is 329 g/mol. The maximum absolute atomic E-state index is 11.2. The Bertz CT molecular complexity index is 505. The van der Waals surface area contributed by atoms with Crippen LogP contribution in [-0.2, 0) is 0 Å². The van der Waals surface area contributed by atoms with Crippen molar-refractivity contribution in [3.63, 3.8) is 0 Å². The minimum absolute atomic E-state index is 0. The van der Waals surface area contributed by atoms with E-state index in [1.807, 2.05) is 0 Å².